The van der Waals surface area contributed by atoms with E-state index in [1.807, 2.05) is 0 Å². The molecule has 103 valence electrons. The molecule has 0 saturated heterocycles. The standard InChI is InChI=1S/C15H31O2/c1-2-3-4-5-6-7-8-9-10-11-14-17-15-12-13-16/h2-15H2,1H3. The zero-order valence-electron chi connectivity index (χ0n) is 11.7. The van der Waals surface area contributed by atoms with Crippen LogP contribution in [0.1, 0.15) is 77.6 Å². The summed E-state index contributed by atoms with van der Waals surface area (Å²) in [6.45, 7) is 3.76. The fourth-order valence-corrected chi connectivity index (χ4v) is 1.95. The summed E-state index contributed by atoms with van der Waals surface area (Å²) < 4.78 is 5.35. The fraction of sp³-hybridized carbons (Fsp3) is 1.00. The molecule has 0 amide bonds. The largest absolute Gasteiger partial charge is 0.381 e. The van der Waals surface area contributed by atoms with E-state index in [1.165, 1.54) is 57.8 Å². The molecule has 0 atom stereocenters. The van der Waals surface area contributed by atoms with Crippen molar-refractivity contribution in [2.24, 2.45) is 0 Å². The molecule has 2 nitrogen and oxygen atoms in total. The van der Waals surface area contributed by atoms with E-state index < -0.39 is 0 Å². The SMILES string of the molecule is CCCCCCCCCCCCOCCC[O]. The van der Waals surface area contributed by atoms with Crippen LogP contribution in [0.5, 0.6) is 0 Å². The lowest BCUT2D eigenvalue weighted by molar-refractivity contribution is 0.0964. The molecule has 17 heavy (non-hydrogen) atoms. The predicted molar refractivity (Wildman–Crippen MR) is 72.8 cm³/mol. The molecule has 0 rings (SSSR count). The monoisotopic (exact) mass is 243 g/mol. The Morgan fingerprint density at radius 2 is 1.12 bits per heavy atom. The summed E-state index contributed by atoms with van der Waals surface area (Å²) in [5, 5.41) is 10.2. The normalized spacial score (nSPS) is 10.9. The third kappa shape index (κ3) is 15.9. The van der Waals surface area contributed by atoms with Crippen molar-refractivity contribution < 1.29 is 9.84 Å². The summed E-state index contributed by atoms with van der Waals surface area (Å²) in [4.78, 5) is 0. The van der Waals surface area contributed by atoms with Crippen LogP contribution >= 0.6 is 0 Å². The molecule has 0 aliphatic rings. The van der Waals surface area contributed by atoms with Gasteiger partial charge in [0.25, 0.3) is 0 Å². The van der Waals surface area contributed by atoms with E-state index in [4.69, 9.17) is 4.74 Å². The summed E-state index contributed by atoms with van der Waals surface area (Å²) in [5.41, 5.74) is 0. The van der Waals surface area contributed by atoms with Gasteiger partial charge in [0.15, 0.2) is 0 Å². The summed E-state index contributed by atoms with van der Waals surface area (Å²) in [7, 11) is 0. The van der Waals surface area contributed by atoms with Crippen molar-refractivity contribution in [3.05, 3.63) is 0 Å². The molecule has 0 heterocycles. The maximum atomic E-state index is 10.2. The van der Waals surface area contributed by atoms with Crippen molar-refractivity contribution in [1.29, 1.82) is 0 Å². The number of unbranched alkanes of at least 4 members (excludes halogenated alkanes) is 9. The van der Waals surface area contributed by atoms with Gasteiger partial charge in [0, 0.05) is 13.2 Å². The number of ether oxygens (including phenoxy) is 1. The van der Waals surface area contributed by atoms with Gasteiger partial charge in [-0.1, -0.05) is 64.7 Å². The third-order valence-electron chi connectivity index (χ3n) is 3.08. The van der Waals surface area contributed by atoms with Gasteiger partial charge in [-0.25, -0.2) is 5.11 Å². The quantitative estimate of drug-likeness (QED) is 0.405. The Morgan fingerprint density at radius 3 is 1.65 bits per heavy atom. The van der Waals surface area contributed by atoms with Crippen LogP contribution in [0.3, 0.4) is 0 Å². The molecule has 0 aromatic heterocycles. The first-order valence-electron chi connectivity index (χ1n) is 7.57. The van der Waals surface area contributed by atoms with E-state index in [-0.39, 0.29) is 6.61 Å². The Balaban J connectivity index is 2.85. The molecule has 0 aliphatic heterocycles. The van der Waals surface area contributed by atoms with Gasteiger partial charge in [-0.05, 0) is 12.8 Å². The minimum atomic E-state index is -0.00195. The highest BCUT2D eigenvalue weighted by atomic mass is 16.5. The number of hydrogen-bond acceptors (Lipinski definition) is 1. The van der Waals surface area contributed by atoms with E-state index >= 15 is 0 Å². The van der Waals surface area contributed by atoms with Crippen molar-refractivity contribution in [3.8, 4) is 0 Å². The molecular weight excluding hydrogens is 212 g/mol. The van der Waals surface area contributed by atoms with E-state index in [9.17, 15) is 5.11 Å². The zero-order chi connectivity index (χ0) is 12.6. The van der Waals surface area contributed by atoms with E-state index in [0.29, 0.717) is 13.0 Å². The first-order valence-corrected chi connectivity index (χ1v) is 7.57. The summed E-state index contributed by atoms with van der Waals surface area (Å²) in [6, 6.07) is 0. The van der Waals surface area contributed by atoms with Gasteiger partial charge in [-0.3, -0.25) is 0 Å². The topological polar surface area (TPSA) is 29.1 Å². The van der Waals surface area contributed by atoms with Crippen molar-refractivity contribution in [1.82, 2.24) is 0 Å². The summed E-state index contributed by atoms with van der Waals surface area (Å²) in [5.74, 6) is 0. The predicted octanol–water partition coefficient (Wildman–Crippen LogP) is 4.74. The van der Waals surface area contributed by atoms with Crippen molar-refractivity contribution in [2.45, 2.75) is 77.6 Å². The highest BCUT2D eigenvalue weighted by Gasteiger charge is 1.93. The first-order chi connectivity index (χ1) is 8.41. The molecule has 0 spiro atoms. The first kappa shape index (κ1) is 16.9. The molecule has 0 fully saturated rings. The van der Waals surface area contributed by atoms with E-state index in [1.54, 1.807) is 0 Å². The van der Waals surface area contributed by atoms with Crippen molar-refractivity contribution in [3.63, 3.8) is 0 Å². The number of hydrogen-bond donors (Lipinski definition) is 0. The second kappa shape index (κ2) is 15.9. The van der Waals surface area contributed by atoms with Crippen molar-refractivity contribution in [2.75, 3.05) is 19.8 Å². The number of rotatable bonds is 14. The molecule has 0 aliphatic carbocycles. The third-order valence-corrected chi connectivity index (χ3v) is 3.08. The minimum Gasteiger partial charge on any atom is -0.381 e. The molecular formula is C15H31O2. The molecule has 0 bridgehead atoms. The average molecular weight is 243 g/mol. The second-order valence-corrected chi connectivity index (χ2v) is 4.85. The Morgan fingerprint density at radius 1 is 0.647 bits per heavy atom. The van der Waals surface area contributed by atoms with Crippen LogP contribution < -0.4 is 0 Å². The molecule has 0 N–H and O–H groups in total. The lowest BCUT2D eigenvalue weighted by atomic mass is 10.1. The van der Waals surface area contributed by atoms with Crippen molar-refractivity contribution >= 4 is 0 Å². The van der Waals surface area contributed by atoms with Gasteiger partial charge >= 0.3 is 0 Å². The highest BCUT2D eigenvalue weighted by Crippen LogP contribution is 2.10. The molecule has 0 aromatic rings. The average Bonchev–Trinajstić information content (AvgIpc) is 2.35. The fourth-order valence-electron chi connectivity index (χ4n) is 1.95. The molecule has 0 saturated carbocycles. The Labute approximate surface area is 108 Å². The lowest BCUT2D eigenvalue weighted by Crippen LogP contribution is -1.98. The second-order valence-electron chi connectivity index (χ2n) is 4.85. The minimum absolute atomic E-state index is 0.00195. The van der Waals surface area contributed by atoms with Gasteiger partial charge in [-0.15, -0.1) is 0 Å². The van der Waals surface area contributed by atoms with Crippen LogP contribution in [0.2, 0.25) is 0 Å². The molecule has 0 aromatic carbocycles. The van der Waals surface area contributed by atoms with Gasteiger partial charge in [-0.2, -0.15) is 0 Å². The highest BCUT2D eigenvalue weighted by molar-refractivity contribution is 4.47. The van der Waals surface area contributed by atoms with Crippen LogP contribution in [0.25, 0.3) is 0 Å². The van der Waals surface area contributed by atoms with Crippen LogP contribution in [0.4, 0.5) is 0 Å². The Bertz CT molecular complexity index is 112. The summed E-state index contributed by atoms with van der Waals surface area (Å²) in [6.07, 6.45) is 14.2. The smallest absolute Gasteiger partial charge is 0.0844 e. The maximum absolute atomic E-state index is 10.2. The van der Waals surface area contributed by atoms with Gasteiger partial charge < -0.3 is 4.74 Å². The van der Waals surface area contributed by atoms with Crippen LogP contribution in [-0.2, 0) is 9.84 Å². The van der Waals surface area contributed by atoms with Gasteiger partial charge in [0.05, 0.1) is 6.61 Å². The van der Waals surface area contributed by atoms with E-state index in [2.05, 4.69) is 6.92 Å². The van der Waals surface area contributed by atoms with E-state index in [0.717, 1.165) is 13.0 Å². The molecule has 2 heteroatoms. The summed E-state index contributed by atoms with van der Waals surface area (Å²) >= 11 is 0. The Kier molecular flexibility index (Phi) is 15.8. The molecule has 0 unspecified atom stereocenters. The lowest BCUT2D eigenvalue weighted by Gasteiger charge is -2.03. The van der Waals surface area contributed by atoms with Crippen LogP contribution in [-0.4, -0.2) is 19.8 Å². The van der Waals surface area contributed by atoms with Gasteiger partial charge in [0.1, 0.15) is 0 Å². The zero-order valence-corrected chi connectivity index (χ0v) is 11.7. The van der Waals surface area contributed by atoms with Crippen LogP contribution in [0, 0.1) is 0 Å². The Hall–Kier alpha value is -0.0800. The maximum Gasteiger partial charge on any atom is 0.0844 e. The molecule has 1 radical (unpaired) electrons. The van der Waals surface area contributed by atoms with Crippen LogP contribution in [0.15, 0.2) is 0 Å². The van der Waals surface area contributed by atoms with Gasteiger partial charge in [0.2, 0.25) is 0 Å².